The molecular weight excluding hydrogens is 244 g/mol. The Morgan fingerprint density at radius 2 is 1.84 bits per heavy atom. The molecule has 0 radical (unpaired) electrons. The Labute approximate surface area is 114 Å². The summed E-state index contributed by atoms with van der Waals surface area (Å²) in [7, 11) is 1.61. The van der Waals surface area contributed by atoms with Crippen molar-refractivity contribution in [2.45, 2.75) is 33.8 Å². The quantitative estimate of drug-likeness (QED) is 0.859. The van der Waals surface area contributed by atoms with E-state index in [1.165, 1.54) is 0 Å². The minimum absolute atomic E-state index is 0.162. The van der Waals surface area contributed by atoms with E-state index in [-0.39, 0.29) is 18.6 Å². The molecule has 19 heavy (non-hydrogen) atoms. The lowest BCUT2D eigenvalue weighted by atomic mass is 9.94. The Bertz CT molecular complexity index is 452. The normalized spacial score (nSPS) is 12.5. The molecule has 0 aliphatic carbocycles. The van der Waals surface area contributed by atoms with Crippen LogP contribution in [-0.4, -0.2) is 24.8 Å². The Morgan fingerprint density at radius 3 is 2.32 bits per heavy atom. The first-order valence-corrected chi connectivity index (χ1v) is 6.35. The summed E-state index contributed by atoms with van der Waals surface area (Å²) in [6.45, 7) is 7.73. The van der Waals surface area contributed by atoms with Crippen LogP contribution in [0.4, 0.5) is 0 Å². The summed E-state index contributed by atoms with van der Waals surface area (Å²) in [6.07, 6.45) is -0.287. The van der Waals surface area contributed by atoms with E-state index in [9.17, 15) is 4.79 Å². The lowest BCUT2D eigenvalue weighted by molar-refractivity contribution is -0.145. The Hall–Kier alpha value is -1.55. The highest BCUT2D eigenvalue weighted by molar-refractivity contribution is 5.68. The molecule has 1 aromatic carbocycles. The highest BCUT2D eigenvalue weighted by atomic mass is 16.5. The topological polar surface area (TPSA) is 55.8 Å². The minimum atomic E-state index is -0.964. The lowest BCUT2D eigenvalue weighted by Gasteiger charge is -2.24. The molecule has 4 heteroatoms. The van der Waals surface area contributed by atoms with Crippen molar-refractivity contribution in [1.82, 2.24) is 0 Å². The predicted octanol–water partition coefficient (Wildman–Crippen LogP) is 3.11. The summed E-state index contributed by atoms with van der Waals surface area (Å²) in [5, 5.41) is 8.76. The third kappa shape index (κ3) is 3.96. The zero-order valence-corrected chi connectivity index (χ0v) is 12.2. The molecule has 1 rings (SSSR count). The first-order chi connectivity index (χ1) is 8.86. The smallest absolute Gasteiger partial charge is 0.329 e. The molecule has 0 saturated heterocycles. The maximum absolute atomic E-state index is 10.7. The minimum Gasteiger partial charge on any atom is -0.496 e. The van der Waals surface area contributed by atoms with Crippen molar-refractivity contribution < 1.29 is 19.4 Å². The molecule has 0 aromatic heterocycles. The molecule has 1 unspecified atom stereocenters. The molecule has 4 nitrogen and oxygen atoms in total. The van der Waals surface area contributed by atoms with Crippen LogP contribution in [0.5, 0.6) is 5.75 Å². The van der Waals surface area contributed by atoms with E-state index in [2.05, 4.69) is 0 Å². The van der Waals surface area contributed by atoms with Gasteiger partial charge in [-0.15, -0.1) is 0 Å². The van der Waals surface area contributed by atoms with E-state index in [1.54, 1.807) is 7.11 Å². The standard InChI is InChI=1S/C15H22O4/c1-9(2)15(19-8-14(16)17)12-6-10(3)11(4)7-13(12)18-5/h6-7,9,15H,8H2,1-5H3,(H,16,17). The van der Waals surface area contributed by atoms with Crippen LogP contribution < -0.4 is 4.74 Å². The maximum atomic E-state index is 10.7. The van der Waals surface area contributed by atoms with Crippen molar-refractivity contribution in [3.05, 3.63) is 28.8 Å². The van der Waals surface area contributed by atoms with Gasteiger partial charge < -0.3 is 14.6 Å². The average molecular weight is 266 g/mol. The van der Waals surface area contributed by atoms with Crippen LogP contribution in [0, 0.1) is 19.8 Å². The highest BCUT2D eigenvalue weighted by Gasteiger charge is 2.22. The van der Waals surface area contributed by atoms with E-state index in [1.807, 2.05) is 39.8 Å². The van der Waals surface area contributed by atoms with Crippen molar-refractivity contribution >= 4 is 5.97 Å². The van der Waals surface area contributed by atoms with Gasteiger partial charge in [0.05, 0.1) is 13.2 Å². The first-order valence-electron chi connectivity index (χ1n) is 6.35. The van der Waals surface area contributed by atoms with Gasteiger partial charge in [-0.2, -0.15) is 0 Å². The van der Waals surface area contributed by atoms with Gasteiger partial charge in [-0.3, -0.25) is 0 Å². The second-order valence-corrected chi connectivity index (χ2v) is 5.05. The van der Waals surface area contributed by atoms with Gasteiger partial charge in [0.15, 0.2) is 0 Å². The van der Waals surface area contributed by atoms with Crippen LogP contribution in [0.15, 0.2) is 12.1 Å². The number of ether oxygens (including phenoxy) is 2. The van der Waals surface area contributed by atoms with E-state index in [0.29, 0.717) is 0 Å². The molecule has 0 bridgehead atoms. The second-order valence-electron chi connectivity index (χ2n) is 5.05. The maximum Gasteiger partial charge on any atom is 0.329 e. The zero-order valence-electron chi connectivity index (χ0n) is 12.2. The van der Waals surface area contributed by atoms with Gasteiger partial charge >= 0.3 is 5.97 Å². The number of aryl methyl sites for hydroxylation is 2. The van der Waals surface area contributed by atoms with Crippen LogP contribution in [0.1, 0.15) is 36.6 Å². The molecule has 0 fully saturated rings. The number of aliphatic carboxylic acids is 1. The third-order valence-electron chi connectivity index (χ3n) is 3.14. The van der Waals surface area contributed by atoms with E-state index < -0.39 is 5.97 Å². The van der Waals surface area contributed by atoms with E-state index in [4.69, 9.17) is 14.6 Å². The number of carboxylic acids is 1. The van der Waals surface area contributed by atoms with Crippen LogP contribution >= 0.6 is 0 Å². The highest BCUT2D eigenvalue weighted by Crippen LogP contribution is 2.34. The van der Waals surface area contributed by atoms with Crippen LogP contribution in [0.3, 0.4) is 0 Å². The van der Waals surface area contributed by atoms with Crippen LogP contribution in [-0.2, 0) is 9.53 Å². The summed E-state index contributed by atoms with van der Waals surface area (Å²) < 4.78 is 10.9. The van der Waals surface area contributed by atoms with Crippen molar-refractivity contribution in [2.75, 3.05) is 13.7 Å². The fourth-order valence-corrected chi connectivity index (χ4v) is 2.01. The summed E-state index contributed by atoms with van der Waals surface area (Å²) in [6, 6.07) is 3.98. The van der Waals surface area contributed by atoms with Gasteiger partial charge in [-0.05, 0) is 43.0 Å². The van der Waals surface area contributed by atoms with Gasteiger partial charge in [0.25, 0.3) is 0 Å². The van der Waals surface area contributed by atoms with Gasteiger partial charge in [0.2, 0.25) is 0 Å². The van der Waals surface area contributed by atoms with Crippen molar-refractivity contribution in [2.24, 2.45) is 5.92 Å². The molecule has 1 N–H and O–H groups in total. The SMILES string of the molecule is COc1cc(C)c(C)cc1C(OCC(=O)O)C(C)C. The monoisotopic (exact) mass is 266 g/mol. The van der Waals surface area contributed by atoms with Crippen molar-refractivity contribution in [1.29, 1.82) is 0 Å². The fourth-order valence-electron chi connectivity index (χ4n) is 2.01. The third-order valence-corrected chi connectivity index (χ3v) is 3.14. The largest absolute Gasteiger partial charge is 0.496 e. The summed E-state index contributed by atoms with van der Waals surface area (Å²) in [5.41, 5.74) is 3.18. The van der Waals surface area contributed by atoms with Gasteiger partial charge in [0.1, 0.15) is 12.4 Å². The van der Waals surface area contributed by atoms with E-state index in [0.717, 1.165) is 22.4 Å². The molecule has 1 aromatic rings. The van der Waals surface area contributed by atoms with Gasteiger partial charge in [-0.25, -0.2) is 4.79 Å². The van der Waals surface area contributed by atoms with Crippen LogP contribution in [0.25, 0.3) is 0 Å². The lowest BCUT2D eigenvalue weighted by Crippen LogP contribution is -2.17. The zero-order chi connectivity index (χ0) is 14.6. The number of carbonyl (C=O) groups is 1. The second kappa shape index (κ2) is 6.57. The van der Waals surface area contributed by atoms with Crippen molar-refractivity contribution in [3.8, 4) is 5.75 Å². The summed E-state index contributed by atoms with van der Waals surface area (Å²) in [5.74, 6) is -0.0593. The van der Waals surface area contributed by atoms with E-state index >= 15 is 0 Å². The number of benzene rings is 1. The summed E-state index contributed by atoms with van der Waals surface area (Å²) >= 11 is 0. The molecule has 0 amide bonds. The van der Waals surface area contributed by atoms with Gasteiger partial charge in [-0.1, -0.05) is 13.8 Å². The average Bonchev–Trinajstić information content (AvgIpc) is 2.32. The Balaban J connectivity index is 3.14. The molecule has 0 heterocycles. The number of hydrogen-bond donors (Lipinski definition) is 1. The Kier molecular flexibility index (Phi) is 5.36. The number of rotatable bonds is 6. The van der Waals surface area contributed by atoms with Gasteiger partial charge in [0, 0.05) is 5.56 Å². The number of carboxylic acid groups (broad SMARTS) is 1. The first kappa shape index (κ1) is 15.5. The molecule has 106 valence electrons. The molecular formula is C15H22O4. The Morgan fingerprint density at radius 1 is 1.26 bits per heavy atom. The number of hydrogen-bond acceptors (Lipinski definition) is 3. The number of methoxy groups -OCH3 is 1. The molecule has 0 aliphatic rings. The predicted molar refractivity (Wildman–Crippen MR) is 73.6 cm³/mol. The van der Waals surface area contributed by atoms with Crippen LogP contribution in [0.2, 0.25) is 0 Å². The molecule has 1 atom stereocenters. The summed E-state index contributed by atoms with van der Waals surface area (Å²) in [4.78, 5) is 10.7. The molecule has 0 spiro atoms. The molecule has 0 aliphatic heterocycles. The fraction of sp³-hybridized carbons (Fsp3) is 0.533. The van der Waals surface area contributed by atoms with Crippen molar-refractivity contribution in [3.63, 3.8) is 0 Å². The molecule has 0 saturated carbocycles.